The first-order chi connectivity index (χ1) is 9.60. The van der Waals surface area contributed by atoms with Crippen LogP contribution in [0.25, 0.3) is 0 Å². The number of rotatable bonds is 1. The number of hydrogen-bond donors (Lipinski definition) is 0. The quantitative estimate of drug-likeness (QED) is 0.779. The molecule has 0 bridgehead atoms. The lowest BCUT2D eigenvalue weighted by Gasteiger charge is -2.53. The molecule has 3 rings (SSSR count). The third-order valence-electron chi connectivity index (χ3n) is 4.60. The number of likely N-dealkylation sites (tertiary alicyclic amines) is 2. The van der Waals surface area contributed by atoms with Gasteiger partial charge in [0.05, 0.1) is 0 Å². The second kappa shape index (κ2) is 5.16. The summed E-state index contributed by atoms with van der Waals surface area (Å²) < 4.78 is 1.35. The van der Waals surface area contributed by atoms with Gasteiger partial charge in [-0.25, -0.2) is 9.78 Å². The van der Waals surface area contributed by atoms with Crippen LogP contribution in [0, 0.1) is 5.41 Å². The molecule has 6 nitrogen and oxygen atoms in total. The first kappa shape index (κ1) is 13.5. The fourth-order valence-electron chi connectivity index (χ4n) is 3.42. The number of hydrogen-bond acceptors (Lipinski definition) is 4. The number of carbonyl (C=O) groups excluding carboxylic acids is 1. The van der Waals surface area contributed by atoms with Crippen molar-refractivity contribution < 1.29 is 4.79 Å². The summed E-state index contributed by atoms with van der Waals surface area (Å²) in [5, 5.41) is 3.96. The average Bonchev–Trinajstić information content (AvgIpc) is 2.81. The summed E-state index contributed by atoms with van der Waals surface area (Å²) >= 11 is 0. The molecule has 0 saturated carbocycles. The van der Waals surface area contributed by atoms with Gasteiger partial charge >= 0.3 is 6.03 Å². The van der Waals surface area contributed by atoms with Gasteiger partial charge in [0.25, 0.3) is 0 Å². The van der Waals surface area contributed by atoms with E-state index in [0.717, 1.165) is 32.6 Å². The van der Waals surface area contributed by atoms with Crippen LogP contribution in [0.1, 0.15) is 33.1 Å². The van der Waals surface area contributed by atoms with Crippen molar-refractivity contribution in [1.82, 2.24) is 24.6 Å². The second-order valence-electron chi connectivity index (χ2n) is 6.50. The molecule has 2 saturated heterocycles. The SMILES string of the molecule is CC(C)N1CC2(CCCCN(C(=O)n3cncn3)C2)C1. The molecule has 0 aromatic carbocycles. The first-order valence-corrected chi connectivity index (χ1v) is 7.48. The topological polar surface area (TPSA) is 54.3 Å². The van der Waals surface area contributed by atoms with E-state index in [-0.39, 0.29) is 6.03 Å². The van der Waals surface area contributed by atoms with Gasteiger partial charge in [-0.3, -0.25) is 4.90 Å². The molecule has 2 fully saturated rings. The van der Waals surface area contributed by atoms with Gasteiger partial charge in [-0.1, -0.05) is 6.42 Å². The molecule has 1 spiro atoms. The van der Waals surface area contributed by atoms with E-state index in [1.807, 2.05) is 4.90 Å². The molecular weight excluding hydrogens is 254 g/mol. The van der Waals surface area contributed by atoms with Crippen LogP contribution in [0.3, 0.4) is 0 Å². The average molecular weight is 277 g/mol. The Morgan fingerprint density at radius 3 is 2.70 bits per heavy atom. The van der Waals surface area contributed by atoms with Crippen LogP contribution in [0.2, 0.25) is 0 Å². The van der Waals surface area contributed by atoms with Crippen LogP contribution >= 0.6 is 0 Å². The predicted molar refractivity (Wildman–Crippen MR) is 75.4 cm³/mol. The molecule has 1 amide bonds. The summed E-state index contributed by atoms with van der Waals surface area (Å²) in [6, 6.07) is 0.565. The largest absolute Gasteiger partial charge is 0.346 e. The molecule has 2 aliphatic heterocycles. The standard InChI is InChI=1S/C14H23N5O/c1-12(2)18-8-14(9-18)5-3-4-6-17(7-14)13(20)19-11-15-10-16-19/h10-12H,3-9H2,1-2H3. The van der Waals surface area contributed by atoms with E-state index in [2.05, 4.69) is 28.8 Å². The van der Waals surface area contributed by atoms with Crippen molar-refractivity contribution in [3.63, 3.8) is 0 Å². The lowest BCUT2D eigenvalue weighted by Crippen LogP contribution is -2.62. The van der Waals surface area contributed by atoms with E-state index in [0.29, 0.717) is 11.5 Å². The summed E-state index contributed by atoms with van der Waals surface area (Å²) in [5.41, 5.74) is 0.303. The van der Waals surface area contributed by atoms with Crippen LogP contribution in [0.15, 0.2) is 12.7 Å². The molecule has 0 aliphatic carbocycles. The Hall–Kier alpha value is -1.43. The van der Waals surface area contributed by atoms with E-state index in [1.165, 1.54) is 30.2 Å². The van der Waals surface area contributed by atoms with Gasteiger partial charge in [0, 0.05) is 37.6 Å². The van der Waals surface area contributed by atoms with Crippen molar-refractivity contribution in [3.05, 3.63) is 12.7 Å². The molecule has 1 aromatic heterocycles. The number of nitrogens with zero attached hydrogens (tertiary/aromatic N) is 5. The van der Waals surface area contributed by atoms with Gasteiger partial charge in [-0.05, 0) is 26.7 Å². The second-order valence-corrected chi connectivity index (χ2v) is 6.50. The maximum absolute atomic E-state index is 12.4. The Balaban J connectivity index is 1.69. The summed E-state index contributed by atoms with van der Waals surface area (Å²) in [6.45, 7) is 8.40. The van der Waals surface area contributed by atoms with E-state index >= 15 is 0 Å². The Kier molecular flexibility index (Phi) is 3.50. The zero-order valence-electron chi connectivity index (χ0n) is 12.3. The lowest BCUT2D eigenvalue weighted by atomic mass is 9.75. The number of aromatic nitrogens is 3. The highest BCUT2D eigenvalue weighted by Gasteiger charge is 2.46. The molecule has 20 heavy (non-hydrogen) atoms. The molecule has 1 aromatic rings. The highest BCUT2D eigenvalue weighted by Crippen LogP contribution is 2.39. The molecule has 0 N–H and O–H groups in total. The summed E-state index contributed by atoms with van der Waals surface area (Å²) in [7, 11) is 0. The lowest BCUT2D eigenvalue weighted by molar-refractivity contribution is -0.0373. The third kappa shape index (κ3) is 2.44. The normalized spacial score (nSPS) is 22.9. The molecule has 0 unspecified atom stereocenters. The molecular formula is C14H23N5O. The van der Waals surface area contributed by atoms with Gasteiger partial charge in [-0.15, -0.1) is 0 Å². The Labute approximate surface area is 119 Å². The fraction of sp³-hybridized carbons (Fsp3) is 0.786. The summed E-state index contributed by atoms with van der Waals surface area (Å²) in [4.78, 5) is 20.7. The van der Waals surface area contributed by atoms with Gasteiger partial charge in [0.15, 0.2) is 0 Å². The fourth-order valence-corrected chi connectivity index (χ4v) is 3.42. The summed E-state index contributed by atoms with van der Waals surface area (Å²) in [5.74, 6) is 0. The van der Waals surface area contributed by atoms with Crippen LogP contribution < -0.4 is 0 Å². The minimum absolute atomic E-state index is 0.0354. The smallest absolute Gasteiger partial charge is 0.322 e. The highest BCUT2D eigenvalue weighted by atomic mass is 16.2. The van der Waals surface area contributed by atoms with Gasteiger partial charge in [0.1, 0.15) is 12.7 Å². The van der Waals surface area contributed by atoms with Crippen molar-refractivity contribution >= 4 is 6.03 Å². The minimum atomic E-state index is -0.0354. The van der Waals surface area contributed by atoms with Crippen LogP contribution in [-0.4, -0.2) is 62.8 Å². The van der Waals surface area contributed by atoms with Crippen molar-refractivity contribution in [1.29, 1.82) is 0 Å². The molecule has 3 heterocycles. The van der Waals surface area contributed by atoms with Crippen LogP contribution in [-0.2, 0) is 0 Å². The molecule has 0 atom stereocenters. The van der Waals surface area contributed by atoms with Crippen LogP contribution in [0.4, 0.5) is 4.79 Å². The number of carbonyl (C=O) groups is 1. The van der Waals surface area contributed by atoms with Gasteiger partial charge in [-0.2, -0.15) is 9.78 Å². The highest BCUT2D eigenvalue weighted by molar-refractivity contribution is 5.75. The summed E-state index contributed by atoms with van der Waals surface area (Å²) in [6.07, 6.45) is 6.44. The first-order valence-electron chi connectivity index (χ1n) is 7.48. The zero-order valence-corrected chi connectivity index (χ0v) is 12.3. The molecule has 110 valence electrons. The zero-order chi connectivity index (χ0) is 14.2. The van der Waals surface area contributed by atoms with E-state index < -0.39 is 0 Å². The molecule has 0 radical (unpaired) electrons. The van der Waals surface area contributed by atoms with Crippen molar-refractivity contribution in [2.45, 2.75) is 39.2 Å². The van der Waals surface area contributed by atoms with E-state index in [1.54, 1.807) is 0 Å². The number of amides is 1. The van der Waals surface area contributed by atoms with Crippen LogP contribution in [0.5, 0.6) is 0 Å². The maximum atomic E-state index is 12.4. The van der Waals surface area contributed by atoms with Gasteiger partial charge in [0.2, 0.25) is 0 Å². The maximum Gasteiger partial charge on any atom is 0.346 e. The van der Waals surface area contributed by atoms with Gasteiger partial charge < -0.3 is 4.90 Å². The van der Waals surface area contributed by atoms with Crippen molar-refractivity contribution in [3.8, 4) is 0 Å². The Bertz CT molecular complexity index is 464. The predicted octanol–water partition coefficient (Wildman–Crippen LogP) is 1.44. The van der Waals surface area contributed by atoms with Crippen molar-refractivity contribution in [2.75, 3.05) is 26.2 Å². The molecule has 2 aliphatic rings. The minimum Gasteiger partial charge on any atom is -0.322 e. The molecule has 6 heteroatoms. The van der Waals surface area contributed by atoms with E-state index in [9.17, 15) is 4.79 Å². The third-order valence-corrected chi connectivity index (χ3v) is 4.60. The monoisotopic (exact) mass is 277 g/mol. The Morgan fingerprint density at radius 2 is 2.05 bits per heavy atom. The van der Waals surface area contributed by atoms with Crippen molar-refractivity contribution in [2.24, 2.45) is 5.41 Å². The van der Waals surface area contributed by atoms with E-state index in [4.69, 9.17) is 0 Å². The Morgan fingerprint density at radius 1 is 1.25 bits per heavy atom.